The summed E-state index contributed by atoms with van der Waals surface area (Å²) in [6.45, 7) is 2.20. The summed E-state index contributed by atoms with van der Waals surface area (Å²) < 4.78 is 5.39. The molecule has 0 saturated heterocycles. The van der Waals surface area contributed by atoms with E-state index in [2.05, 4.69) is 27.5 Å². The number of rotatable bonds is 6. The first kappa shape index (κ1) is 18.0. The van der Waals surface area contributed by atoms with Crippen LogP contribution in [0.15, 0.2) is 48.7 Å². The normalized spacial score (nSPS) is 9.48. The number of carbonyl (C=O) groups is 2. The number of carbonyl (C=O) groups excluding carboxylic acids is 2. The Morgan fingerprint density at radius 3 is 2.60 bits per heavy atom. The summed E-state index contributed by atoms with van der Waals surface area (Å²) in [6.07, 6.45) is 1.63. The number of aromatic nitrogens is 1. The molecular formula is C19H19N3O3. The molecule has 0 saturated carbocycles. The maximum absolute atomic E-state index is 11.8. The van der Waals surface area contributed by atoms with E-state index in [1.165, 1.54) is 0 Å². The first-order chi connectivity index (χ1) is 12.1. The van der Waals surface area contributed by atoms with Crippen molar-refractivity contribution in [3.8, 4) is 17.6 Å². The molecule has 25 heavy (non-hydrogen) atoms. The number of benzene rings is 1. The molecule has 0 bridgehead atoms. The maximum Gasteiger partial charge on any atom is 0.251 e. The molecule has 1 aromatic carbocycles. The van der Waals surface area contributed by atoms with Crippen LogP contribution in [-0.2, 0) is 4.79 Å². The Bertz CT molecular complexity index is 762. The Hall–Kier alpha value is -3.33. The molecular weight excluding hydrogens is 318 g/mol. The van der Waals surface area contributed by atoms with Crippen molar-refractivity contribution >= 4 is 11.8 Å². The second-order valence-corrected chi connectivity index (χ2v) is 5.10. The number of hydrogen-bond acceptors (Lipinski definition) is 4. The first-order valence-electron chi connectivity index (χ1n) is 7.76. The lowest BCUT2D eigenvalue weighted by Gasteiger charge is -2.04. The quantitative estimate of drug-likeness (QED) is 0.779. The third-order valence-corrected chi connectivity index (χ3v) is 3.14. The van der Waals surface area contributed by atoms with Gasteiger partial charge in [0.25, 0.3) is 5.91 Å². The van der Waals surface area contributed by atoms with E-state index in [-0.39, 0.29) is 31.5 Å². The molecule has 6 heteroatoms. The van der Waals surface area contributed by atoms with E-state index in [9.17, 15) is 9.59 Å². The number of ether oxygens (including phenoxy) is 1. The van der Waals surface area contributed by atoms with Crippen LogP contribution < -0.4 is 15.4 Å². The largest absolute Gasteiger partial charge is 0.479 e. The molecule has 0 aliphatic carbocycles. The summed E-state index contributed by atoms with van der Waals surface area (Å²) in [5.74, 6) is 5.62. The van der Waals surface area contributed by atoms with Gasteiger partial charge in [-0.2, -0.15) is 0 Å². The van der Waals surface area contributed by atoms with Crippen LogP contribution in [0.4, 0.5) is 0 Å². The molecule has 0 aliphatic heterocycles. The van der Waals surface area contributed by atoms with Gasteiger partial charge in [-0.05, 0) is 31.2 Å². The molecule has 1 heterocycles. The molecule has 0 atom stereocenters. The summed E-state index contributed by atoms with van der Waals surface area (Å²) in [7, 11) is 0. The molecule has 2 N–H and O–H groups in total. The third-order valence-electron chi connectivity index (χ3n) is 3.14. The summed E-state index contributed by atoms with van der Waals surface area (Å²) in [5, 5.41) is 5.15. The second-order valence-electron chi connectivity index (χ2n) is 5.10. The average molecular weight is 337 g/mol. The fourth-order valence-corrected chi connectivity index (χ4v) is 1.83. The predicted octanol–water partition coefficient (Wildman–Crippen LogP) is 1.32. The fourth-order valence-electron chi connectivity index (χ4n) is 1.83. The molecule has 2 aromatic rings. The van der Waals surface area contributed by atoms with Crippen molar-refractivity contribution in [2.75, 3.05) is 19.7 Å². The Morgan fingerprint density at radius 1 is 1.08 bits per heavy atom. The Morgan fingerprint density at radius 2 is 1.88 bits per heavy atom. The van der Waals surface area contributed by atoms with Crippen LogP contribution in [0.5, 0.6) is 5.75 Å². The van der Waals surface area contributed by atoms with Crippen LogP contribution in [0, 0.1) is 18.8 Å². The average Bonchev–Trinajstić information content (AvgIpc) is 2.64. The summed E-state index contributed by atoms with van der Waals surface area (Å²) >= 11 is 0. The number of aryl methyl sites for hydroxylation is 1. The van der Waals surface area contributed by atoms with Crippen molar-refractivity contribution in [2.24, 2.45) is 0 Å². The molecule has 128 valence electrons. The molecule has 0 spiro atoms. The topological polar surface area (TPSA) is 80.3 Å². The van der Waals surface area contributed by atoms with Crippen LogP contribution in [0.2, 0.25) is 0 Å². The minimum absolute atomic E-state index is 0.0963. The van der Waals surface area contributed by atoms with Gasteiger partial charge in [-0.1, -0.05) is 30.0 Å². The van der Waals surface area contributed by atoms with Gasteiger partial charge < -0.3 is 15.4 Å². The summed E-state index contributed by atoms with van der Waals surface area (Å²) in [5.41, 5.74) is 1.43. The van der Waals surface area contributed by atoms with Crippen LogP contribution in [0.25, 0.3) is 0 Å². The lowest BCUT2D eigenvalue weighted by molar-refractivity contribution is -0.119. The van der Waals surface area contributed by atoms with Gasteiger partial charge in [0.15, 0.2) is 0 Å². The van der Waals surface area contributed by atoms with Gasteiger partial charge in [0.2, 0.25) is 5.91 Å². The monoisotopic (exact) mass is 337 g/mol. The van der Waals surface area contributed by atoms with Gasteiger partial charge in [0, 0.05) is 11.3 Å². The second kappa shape index (κ2) is 9.73. The summed E-state index contributed by atoms with van der Waals surface area (Å²) in [4.78, 5) is 27.5. The van der Waals surface area contributed by atoms with Crippen molar-refractivity contribution < 1.29 is 14.3 Å². The highest BCUT2D eigenvalue weighted by atomic mass is 16.5. The van der Waals surface area contributed by atoms with Crippen molar-refractivity contribution in [1.29, 1.82) is 0 Å². The van der Waals surface area contributed by atoms with Gasteiger partial charge in [0.1, 0.15) is 12.4 Å². The highest BCUT2D eigenvalue weighted by Gasteiger charge is 2.06. The number of nitrogens with one attached hydrogen (secondary N) is 2. The van der Waals surface area contributed by atoms with Gasteiger partial charge in [-0.3, -0.25) is 14.6 Å². The maximum atomic E-state index is 11.8. The van der Waals surface area contributed by atoms with E-state index in [1.54, 1.807) is 30.5 Å². The molecule has 0 radical (unpaired) electrons. The zero-order chi connectivity index (χ0) is 17.9. The van der Waals surface area contributed by atoms with Crippen LogP contribution in [0.1, 0.15) is 16.1 Å². The van der Waals surface area contributed by atoms with Crippen molar-refractivity contribution in [3.05, 3.63) is 59.9 Å². The zero-order valence-electron chi connectivity index (χ0n) is 13.9. The van der Waals surface area contributed by atoms with E-state index in [0.29, 0.717) is 11.3 Å². The molecule has 0 fully saturated rings. The highest BCUT2D eigenvalue weighted by molar-refractivity contribution is 5.96. The molecule has 0 aliphatic rings. The van der Waals surface area contributed by atoms with E-state index in [1.807, 2.05) is 25.1 Å². The van der Waals surface area contributed by atoms with Gasteiger partial charge >= 0.3 is 0 Å². The summed E-state index contributed by atoms with van der Waals surface area (Å²) in [6, 6.07) is 12.4. The van der Waals surface area contributed by atoms with Crippen LogP contribution in [-0.4, -0.2) is 36.5 Å². The van der Waals surface area contributed by atoms with Gasteiger partial charge in [-0.25, -0.2) is 0 Å². The predicted molar refractivity (Wildman–Crippen MR) is 94.0 cm³/mol. The number of pyridine rings is 1. The molecule has 6 nitrogen and oxygen atoms in total. The van der Waals surface area contributed by atoms with Crippen LogP contribution >= 0.6 is 0 Å². The minimum Gasteiger partial charge on any atom is -0.479 e. The standard InChI is InChI=1S/C19H19N3O3/c1-15-9-10-17(13-21-15)25-12-6-5-11-20-18(23)14-22-19(24)16-7-3-2-4-8-16/h2-4,7-10,13H,11-12,14H2,1H3,(H,20,23)(H,22,24). The van der Waals surface area contributed by atoms with Crippen LogP contribution in [0.3, 0.4) is 0 Å². The Labute approximate surface area is 146 Å². The fraction of sp³-hybridized carbons (Fsp3) is 0.211. The van der Waals surface area contributed by atoms with Gasteiger partial charge in [-0.15, -0.1) is 0 Å². The number of nitrogens with zero attached hydrogens (tertiary/aromatic N) is 1. The Kier molecular flexibility index (Phi) is 7.01. The third kappa shape index (κ3) is 6.75. The zero-order valence-corrected chi connectivity index (χ0v) is 13.9. The van der Waals surface area contributed by atoms with E-state index >= 15 is 0 Å². The van der Waals surface area contributed by atoms with Crippen molar-refractivity contribution in [1.82, 2.24) is 15.6 Å². The van der Waals surface area contributed by atoms with E-state index in [4.69, 9.17) is 4.74 Å². The minimum atomic E-state index is -0.303. The van der Waals surface area contributed by atoms with Gasteiger partial charge in [0.05, 0.1) is 19.3 Å². The van der Waals surface area contributed by atoms with Crippen molar-refractivity contribution in [2.45, 2.75) is 6.92 Å². The van der Waals surface area contributed by atoms with E-state index < -0.39 is 0 Å². The Balaban J connectivity index is 1.61. The number of hydrogen-bond donors (Lipinski definition) is 2. The molecule has 0 unspecified atom stereocenters. The first-order valence-corrected chi connectivity index (χ1v) is 7.76. The van der Waals surface area contributed by atoms with E-state index in [0.717, 1.165) is 5.69 Å². The molecule has 2 amide bonds. The number of amides is 2. The lowest BCUT2D eigenvalue weighted by Crippen LogP contribution is -2.37. The van der Waals surface area contributed by atoms with Crippen molar-refractivity contribution in [3.63, 3.8) is 0 Å². The smallest absolute Gasteiger partial charge is 0.251 e. The highest BCUT2D eigenvalue weighted by Crippen LogP contribution is 2.07. The molecule has 1 aromatic heterocycles. The lowest BCUT2D eigenvalue weighted by atomic mass is 10.2. The molecule has 2 rings (SSSR count). The SMILES string of the molecule is Cc1ccc(OCC#CCNC(=O)CNC(=O)c2ccccc2)cn1.